The monoisotopic (exact) mass is 233 g/mol. The molecule has 5 nitrogen and oxygen atoms in total. The highest BCUT2D eigenvalue weighted by Crippen LogP contribution is 2.11. The second kappa shape index (κ2) is 4.97. The minimum Gasteiger partial charge on any atom is -0.394 e. The molecule has 0 saturated heterocycles. The number of aromatic amines is 1. The molecule has 0 bridgehead atoms. The van der Waals surface area contributed by atoms with Gasteiger partial charge < -0.3 is 15.4 Å². The molecule has 1 unspecified atom stereocenters. The Balaban J connectivity index is 2.19. The van der Waals surface area contributed by atoms with E-state index in [9.17, 15) is 4.79 Å². The van der Waals surface area contributed by atoms with Gasteiger partial charge in [0.1, 0.15) is 5.69 Å². The lowest BCUT2D eigenvalue weighted by molar-refractivity contribution is 0.0910. The summed E-state index contributed by atoms with van der Waals surface area (Å²) in [4.78, 5) is 19.0. The fourth-order valence-electron chi connectivity index (χ4n) is 1.62. The Bertz CT molecular complexity index is 484. The predicted octanol–water partition coefficient (Wildman–Crippen LogP) is 1.06. The van der Waals surface area contributed by atoms with Crippen molar-refractivity contribution in [2.45, 2.75) is 19.4 Å². The molecule has 3 N–H and O–H groups in total. The van der Waals surface area contributed by atoms with Gasteiger partial charge in [0.2, 0.25) is 0 Å². The number of fused-ring (bicyclic) bond motifs is 1. The van der Waals surface area contributed by atoms with Crippen LogP contribution in [-0.2, 0) is 0 Å². The summed E-state index contributed by atoms with van der Waals surface area (Å²) in [5, 5.41) is 11.8. The summed E-state index contributed by atoms with van der Waals surface area (Å²) in [5.41, 5.74) is 2.05. The van der Waals surface area contributed by atoms with E-state index < -0.39 is 0 Å². The maximum atomic E-state index is 11.9. The van der Waals surface area contributed by atoms with E-state index in [-0.39, 0.29) is 18.6 Å². The van der Waals surface area contributed by atoms with E-state index in [0.717, 1.165) is 11.0 Å². The molecule has 0 fully saturated rings. The maximum absolute atomic E-state index is 11.9. The predicted molar refractivity (Wildman–Crippen MR) is 64.7 cm³/mol. The second-order valence-corrected chi connectivity index (χ2v) is 3.88. The van der Waals surface area contributed by atoms with Gasteiger partial charge in [-0.25, -0.2) is 0 Å². The smallest absolute Gasteiger partial charge is 0.268 e. The number of hydrogen-bond donors (Lipinski definition) is 3. The number of hydrogen-bond acceptors (Lipinski definition) is 3. The number of amides is 1. The summed E-state index contributed by atoms with van der Waals surface area (Å²) >= 11 is 0. The van der Waals surface area contributed by atoms with Crippen molar-refractivity contribution in [1.82, 2.24) is 15.3 Å². The zero-order valence-corrected chi connectivity index (χ0v) is 9.60. The van der Waals surface area contributed by atoms with Crippen molar-refractivity contribution in [3.8, 4) is 0 Å². The lowest BCUT2D eigenvalue weighted by atomic mass is 10.2. The van der Waals surface area contributed by atoms with Crippen molar-refractivity contribution in [2.24, 2.45) is 0 Å². The van der Waals surface area contributed by atoms with Gasteiger partial charge in [-0.2, -0.15) is 0 Å². The van der Waals surface area contributed by atoms with Gasteiger partial charge in [0.25, 0.3) is 5.91 Å². The number of aromatic nitrogens is 2. The highest BCUT2D eigenvalue weighted by atomic mass is 16.3. The van der Waals surface area contributed by atoms with Crippen molar-refractivity contribution in [3.05, 3.63) is 30.1 Å². The summed E-state index contributed by atoms with van der Waals surface area (Å²) in [6.45, 7) is 1.86. The number of carbonyl (C=O) groups excluding carboxylic acids is 1. The van der Waals surface area contributed by atoms with Gasteiger partial charge in [0.15, 0.2) is 0 Å². The normalized spacial score (nSPS) is 12.6. The molecule has 2 aromatic heterocycles. The number of aliphatic hydroxyl groups excluding tert-OH is 1. The van der Waals surface area contributed by atoms with Crippen LogP contribution in [0.5, 0.6) is 0 Å². The Morgan fingerprint density at radius 1 is 1.65 bits per heavy atom. The van der Waals surface area contributed by atoms with E-state index in [1.807, 2.05) is 19.1 Å². The summed E-state index contributed by atoms with van der Waals surface area (Å²) < 4.78 is 0. The summed E-state index contributed by atoms with van der Waals surface area (Å²) in [5.74, 6) is -0.219. The molecule has 5 heteroatoms. The minimum absolute atomic E-state index is 0.0548. The highest BCUT2D eigenvalue weighted by molar-refractivity contribution is 5.97. The topological polar surface area (TPSA) is 78.0 Å². The molecule has 1 amide bonds. The van der Waals surface area contributed by atoms with Crippen molar-refractivity contribution < 1.29 is 9.90 Å². The van der Waals surface area contributed by atoms with E-state index >= 15 is 0 Å². The first kappa shape index (κ1) is 11.6. The average molecular weight is 233 g/mol. The van der Waals surface area contributed by atoms with Gasteiger partial charge in [-0.15, -0.1) is 0 Å². The van der Waals surface area contributed by atoms with Gasteiger partial charge in [-0.1, -0.05) is 6.92 Å². The molecule has 0 radical (unpaired) electrons. The molecule has 2 aromatic rings. The third-order valence-corrected chi connectivity index (χ3v) is 2.68. The highest BCUT2D eigenvalue weighted by Gasteiger charge is 2.13. The number of rotatable bonds is 4. The van der Waals surface area contributed by atoms with Crippen LogP contribution in [0.3, 0.4) is 0 Å². The van der Waals surface area contributed by atoms with Crippen LogP contribution >= 0.6 is 0 Å². The Morgan fingerprint density at radius 3 is 3.12 bits per heavy atom. The standard InChI is InChI=1S/C12H15N3O2/c1-2-8(7-16)14-12(17)11-6-10-9(15-11)4-3-5-13-10/h3-6,8,15-16H,2,7H2,1H3,(H,14,17). The number of nitrogens with one attached hydrogen (secondary N) is 2. The minimum atomic E-state index is -0.219. The molecule has 0 aliphatic carbocycles. The molecule has 0 aliphatic heterocycles. The van der Waals surface area contributed by atoms with Gasteiger partial charge in [0, 0.05) is 6.20 Å². The fourth-order valence-corrected chi connectivity index (χ4v) is 1.62. The SMILES string of the molecule is CCC(CO)NC(=O)c1cc2ncccc2[nH]1. The van der Waals surface area contributed by atoms with E-state index in [1.54, 1.807) is 12.3 Å². The van der Waals surface area contributed by atoms with Crippen LogP contribution in [0.15, 0.2) is 24.4 Å². The van der Waals surface area contributed by atoms with Crippen LogP contribution in [0, 0.1) is 0 Å². The number of carbonyl (C=O) groups is 1. The molecule has 0 saturated carbocycles. The molecular formula is C12H15N3O2. The third-order valence-electron chi connectivity index (χ3n) is 2.68. The number of H-pyrrole nitrogens is 1. The molecule has 0 aliphatic rings. The van der Waals surface area contributed by atoms with Gasteiger partial charge in [0.05, 0.1) is 23.7 Å². The van der Waals surface area contributed by atoms with Crippen molar-refractivity contribution in [3.63, 3.8) is 0 Å². The lowest BCUT2D eigenvalue weighted by Crippen LogP contribution is -2.37. The van der Waals surface area contributed by atoms with Crippen molar-refractivity contribution in [1.29, 1.82) is 0 Å². The van der Waals surface area contributed by atoms with Crippen LogP contribution < -0.4 is 5.32 Å². The van der Waals surface area contributed by atoms with Crippen molar-refractivity contribution >= 4 is 16.9 Å². The first-order chi connectivity index (χ1) is 8.24. The van der Waals surface area contributed by atoms with Gasteiger partial charge in [-0.05, 0) is 24.6 Å². The van der Waals surface area contributed by atoms with E-state index in [1.165, 1.54) is 0 Å². The summed E-state index contributed by atoms with van der Waals surface area (Å²) in [7, 11) is 0. The first-order valence-corrected chi connectivity index (χ1v) is 5.60. The fraction of sp³-hybridized carbons (Fsp3) is 0.333. The Hall–Kier alpha value is -1.88. The van der Waals surface area contributed by atoms with Crippen LogP contribution in [0.2, 0.25) is 0 Å². The number of aliphatic hydroxyl groups is 1. The Labute approximate surface area is 98.9 Å². The van der Waals surface area contributed by atoms with E-state index in [0.29, 0.717) is 12.1 Å². The van der Waals surface area contributed by atoms with Crippen LogP contribution in [0.1, 0.15) is 23.8 Å². The zero-order chi connectivity index (χ0) is 12.3. The molecule has 2 rings (SSSR count). The molecule has 90 valence electrons. The number of nitrogens with zero attached hydrogens (tertiary/aromatic N) is 1. The Morgan fingerprint density at radius 2 is 2.47 bits per heavy atom. The van der Waals surface area contributed by atoms with Crippen LogP contribution in [0.4, 0.5) is 0 Å². The molecule has 0 aromatic carbocycles. The third kappa shape index (κ3) is 2.45. The average Bonchev–Trinajstić information content (AvgIpc) is 2.79. The second-order valence-electron chi connectivity index (χ2n) is 3.88. The first-order valence-electron chi connectivity index (χ1n) is 5.60. The van der Waals surface area contributed by atoms with Gasteiger partial charge >= 0.3 is 0 Å². The molecule has 17 heavy (non-hydrogen) atoms. The van der Waals surface area contributed by atoms with Crippen molar-refractivity contribution in [2.75, 3.05) is 6.61 Å². The molecule has 2 heterocycles. The Kier molecular flexibility index (Phi) is 3.39. The van der Waals surface area contributed by atoms with Crippen LogP contribution in [0.25, 0.3) is 11.0 Å². The number of pyridine rings is 1. The quantitative estimate of drug-likeness (QED) is 0.739. The molecule has 0 spiro atoms. The molecule has 1 atom stereocenters. The van der Waals surface area contributed by atoms with E-state index in [2.05, 4.69) is 15.3 Å². The summed E-state index contributed by atoms with van der Waals surface area (Å²) in [6, 6.07) is 5.17. The molecular weight excluding hydrogens is 218 g/mol. The van der Waals surface area contributed by atoms with Crippen LogP contribution in [-0.4, -0.2) is 33.6 Å². The summed E-state index contributed by atoms with van der Waals surface area (Å²) in [6.07, 6.45) is 2.38. The lowest BCUT2D eigenvalue weighted by Gasteiger charge is -2.12. The van der Waals surface area contributed by atoms with Gasteiger partial charge in [-0.3, -0.25) is 9.78 Å². The largest absolute Gasteiger partial charge is 0.394 e. The zero-order valence-electron chi connectivity index (χ0n) is 9.60. The van der Waals surface area contributed by atoms with E-state index in [4.69, 9.17) is 5.11 Å². The maximum Gasteiger partial charge on any atom is 0.268 e.